The van der Waals surface area contributed by atoms with Crippen molar-refractivity contribution in [3.63, 3.8) is 0 Å². The maximum absolute atomic E-state index is 14.3. The molecular weight excluding hydrogens is 263 g/mol. The van der Waals surface area contributed by atoms with Gasteiger partial charge in [-0.25, -0.2) is 14.0 Å². The van der Waals surface area contributed by atoms with Crippen molar-refractivity contribution in [1.82, 2.24) is 0 Å². The van der Waals surface area contributed by atoms with Crippen LogP contribution in [0.5, 0.6) is 0 Å². The van der Waals surface area contributed by atoms with Crippen LogP contribution in [-0.2, 0) is 11.2 Å². The van der Waals surface area contributed by atoms with E-state index in [-0.39, 0.29) is 23.1 Å². The highest BCUT2D eigenvalue weighted by molar-refractivity contribution is 6.02. The predicted molar refractivity (Wildman–Crippen MR) is 72.5 cm³/mol. The molecule has 0 heterocycles. The van der Waals surface area contributed by atoms with Gasteiger partial charge in [0.05, 0.1) is 12.2 Å². The minimum atomic E-state index is -1.47. The standard InChI is InChI=1S/C15H19FO4/c1-5-20-14(19)10-7-6-9(8-15(2,3)4)12(16)11(10)13(17)18/h6-7H,5,8H2,1-4H3,(H,17,18). The van der Waals surface area contributed by atoms with Crippen LogP contribution in [0.15, 0.2) is 12.1 Å². The Morgan fingerprint density at radius 2 is 1.90 bits per heavy atom. The van der Waals surface area contributed by atoms with Crippen molar-refractivity contribution in [2.24, 2.45) is 5.41 Å². The van der Waals surface area contributed by atoms with Gasteiger partial charge in [0.2, 0.25) is 0 Å². The van der Waals surface area contributed by atoms with Gasteiger partial charge in [-0.15, -0.1) is 0 Å². The Morgan fingerprint density at radius 1 is 1.30 bits per heavy atom. The Kier molecular flexibility index (Phi) is 4.87. The highest BCUT2D eigenvalue weighted by Gasteiger charge is 2.25. The first-order valence-electron chi connectivity index (χ1n) is 6.39. The molecule has 0 spiro atoms. The van der Waals surface area contributed by atoms with Gasteiger partial charge < -0.3 is 9.84 Å². The summed E-state index contributed by atoms with van der Waals surface area (Å²) >= 11 is 0. The summed E-state index contributed by atoms with van der Waals surface area (Å²) in [5.41, 5.74) is -0.787. The van der Waals surface area contributed by atoms with Crippen molar-refractivity contribution in [3.05, 3.63) is 34.6 Å². The summed E-state index contributed by atoms with van der Waals surface area (Å²) in [6.07, 6.45) is 0.377. The van der Waals surface area contributed by atoms with E-state index in [4.69, 9.17) is 9.84 Å². The van der Waals surface area contributed by atoms with Crippen LogP contribution in [0.25, 0.3) is 0 Å². The van der Waals surface area contributed by atoms with Crippen LogP contribution in [0, 0.1) is 11.2 Å². The molecule has 1 aromatic carbocycles. The highest BCUT2D eigenvalue weighted by atomic mass is 19.1. The first-order chi connectivity index (χ1) is 9.17. The Hall–Kier alpha value is -1.91. The number of esters is 1. The molecule has 0 aliphatic heterocycles. The number of ether oxygens (including phenoxy) is 1. The molecule has 20 heavy (non-hydrogen) atoms. The summed E-state index contributed by atoms with van der Waals surface area (Å²) in [6, 6.07) is 2.75. The number of aromatic carboxylic acids is 1. The van der Waals surface area contributed by atoms with Gasteiger partial charge in [0.1, 0.15) is 11.4 Å². The number of carboxylic acid groups (broad SMARTS) is 1. The number of carboxylic acids is 1. The molecule has 0 fully saturated rings. The second-order valence-corrected chi connectivity index (χ2v) is 5.72. The molecule has 0 saturated carbocycles. The highest BCUT2D eigenvalue weighted by Crippen LogP contribution is 2.26. The van der Waals surface area contributed by atoms with Crippen LogP contribution in [0.4, 0.5) is 4.39 Å². The van der Waals surface area contributed by atoms with Gasteiger partial charge in [-0.1, -0.05) is 26.8 Å². The molecule has 0 unspecified atom stereocenters. The molecule has 0 amide bonds. The lowest BCUT2D eigenvalue weighted by molar-refractivity contribution is 0.0513. The zero-order valence-electron chi connectivity index (χ0n) is 12.1. The van der Waals surface area contributed by atoms with Crippen molar-refractivity contribution in [3.8, 4) is 0 Å². The predicted octanol–water partition coefficient (Wildman–Crippen LogP) is 3.29. The minimum Gasteiger partial charge on any atom is -0.478 e. The SMILES string of the molecule is CCOC(=O)c1ccc(CC(C)(C)C)c(F)c1C(=O)O. The second-order valence-electron chi connectivity index (χ2n) is 5.72. The average molecular weight is 282 g/mol. The summed E-state index contributed by atoms with van der Waals surface area (Å²) in [4.78, 5) is 22.9. The molecule has 0 aliphatic rings. The van der Waals surface area contributed by atoms with Crippen LogP contribution >= 0.6 is 0 Å². The Balaban J connectivity index is 3.34. The van der Waals surface area contributed by atoms with E-state index >= 15 is 0 Å². The van der Waals surface area contributed by atoms with E-state index in [0.717, 1.165) is 0 Å². The molecule has 1 aromatic rings. The van der Waals surface area contributed by atoms with E-state index in [1.807, 2.05) is 20.8 Å². The molecule has 0 atom stereocenters. The summed E-state index contributed by atoms with van der Waals surface area (Å²) in [5, 5.41) is 9.14. The van der Waals surface area contributed by atoms with Crippen LogP contribution in [0.3, 0.4) is 0 Å². The van der Waals surface area contributed by atoms with E-state index < -0.39 is 23.3 Å². The average Bonchev–Trinajstić information content (AvgIpc) is 2.29. The van der Waals surface area contributed by atoms with Gasteiger partial charge in [0.15, 0.2) is 0 Å². The van der Waals surface area contributed by atoms with Crippen LogP contribution in [0.2, 0.25) is 0 Å². The monoisotopic (exact) mass is 282 g/mol. The smallest absolute Gasteiger partial charge is 0.339 e. The number of carbonyl (C=O) groups excluding carboxylic acids is 1. The fourth-order valence-corrected chi connectivity index (χ4v) is 1.92. The molecule has 4 nitrogen and oxygen atoms in total. The topological polar surface area (TPSA) is 63.6 Å². The minimum absolute atomic E-state index is 0.100. The number of benzene rings is 1. The van der Waals surface area contributed by atoms with E-state index in [0.29, 0.717) is 6.42 Å². The molecule has 0 saturated heterocycles. The molecule has 0 bridgehead atoms. The first-order valence-corrected chi connectivity index (χ1v) is 6.39. The summed E-state index contributed by atoms with van der Waals surface area (Å²) in [5.74, 6) is -3.16. The lowest BCUT2D eigenvalue weighted by Gasteiger charge is -2.19. The normalized spacial score (nSPS) is 11.2. The van der Waals surface area contributed by atoms with E-state index in [2.05, 4.69) is 0 Å². The Labute approximate surface area is 117 Å². The van der Waals surface area contributed by atoms with Crippen LogP contribution < -0.4 is 0 Å². The molecule has 5 heteroatoms. The van der Waals surface area contributed by atoms with E-state index in [1.165, 1.54) is 12.1 Å². The van der Waals surface area contributed by atoms with Gasteiger partial charge >= 0.3 is 11.9 Å². The number of hydrogen-bond donors (Lipinski definition) is 1. The molecular formula is C15H19FO4. The summed E-state index contributed by atoms with van der Waals surface area (Å²) in [7, 11) is 0. The van der Waals surface area contributed by atoms with E-state index in [1.54, 1.807) is 6.92 Å². The first kappa shape index (κ1) is 16.1. The van der Waals surface area contributed by atoms with Gasteiger partial charge in [0, 0.05) is 0 Å². The van der Waals surface area contributed by atoms with Crippen LogP contribution in [0.1, 0.15) is 54.0 Å². The van der Waals surface area contributed by atoms with Crippen molar-refractivity contribution in [2.45, 2.75) is 34.1 Å². The molecule has 0 aliphatic carbocycles. The maximum Gasteiger partial charge on any atom is 0.339 e. The van der Waals surface area contributed by atoms with Gasteiger partial charge in [-0.3, -0.25) is 0 Å². The maximum atomic E-state index is 14.3. The second kappa shape index (κ2) is 6.03. The van der Waals surface area contributed by atoms with Gasteiger partial charge in [-0.2, -0.15) is 0 Å². The third kappa shape index (κ3) is 3.79. The number of rotatable bonds is 4. The van der Waals surface area contributed by atoms with Crippen LogP contribution in [-0.4, -0.2) is 23.7 Å². The quantitative estimate of drug-likeness (QED) is 0.861. The van der Waals surface area contributed by atoms with Crippen molar-refractivity contribution >= 4 is 11.9 Å². The zero-order valence-corrected chi connectivity index (χ0v) is 12.1. The molecule has 1 rings (SSSR count). The van der Waals surface area contributed by atoms with Crippen molar-refractivity contribution < 1.29 is 23.8 Å². The molecule has 110 valence electrons. The summed E-state index contributed by atoms with van der Waals surface area (Å²) in [6.45, 7) is 7.47. The number of halogens is 1. The third-order valence-electron chi connectivity index (χ3n) is 2.65. The van der Waals surface area contributed by atoms with E-state index in [9.17, 15) is 14.0 Å². The largest absolute Gasteiger partial charge is 0.478 e. The number of carbonyl (C=O) groups is 2. The van der Waals surface area contributed by atoms with Crippen molar-refractivity contribution in [2.75, 3.05) is 6.61 Å². The Bertz CT molecular complexity index is 529. The molecule has 0 radical (unpaired) electrons. The lowest BCUT2D eigenvalue weighted by Crippen LogP contribution is -2.17. The summed E-state index contributed by atoms with van der Waals surface area (Å²) < 4.78 is 19.1. The molecule has 0 aromatic heterocycles. The molecule has 1 N–H and O–H groups in total. The lowest BCUT2D eigenvalue weighted by atomic mass is 9.86. The third-order valence-corrected chi connectivity index (χ3v) is 2.65. The number of hydrogen-bond acceptors (Lipinski definition) is 3. The van der Waals surface area contributed by atoms with Gasteiger partial charge in [0.25, 0.3) is 0 Å². The fourth-order valence-electron chi connectivity index (χ4n) is 1.92. The fraction of sp³-hybridized carbons (Fsp3) is 0.467. The zero-order chi connectivity index (χ0) is 15.5. The Morgan fingerprint density at radius 3 is 2.35 bits per heavy atom. The van der Waals surface area contributed by atoms with Gasteiger partial charge in [-0.05, 0) is 30.4 Å². The van der Waals surface area contributed by atoms with Crippen molar-refractivity contribution in [1.29, 1.82) is 0 Å².